The van der Waals surface area contributed by atoms with Crippen LogP contribution in [0.4, 0.5) is 15.8 Å². The second-order valence-electron chi connectivity index (χ2n) is 4.57. The Morgan fingerprint density at radius 3 is 2.72 bits per heavy atom. The van der Waals surface area contributed by atoms with E-state index in [4.69, 9.17) is 0 Å². The van der Waals surface area contributed by atoms with E-state index in [9.17, 15) is 14.5 Å². The highest BCUT2D eigenvalue weighted by molar-refractivity contribution is 5.64. The monoisotopic (exact) mass is 253 g/mol. The minimum atomic E-state index is -0.781. The van der Waals surface area contributed by atoms with Crippen LogP contribution in [0.15, 0.2) is 12.1 Å². The number of piperidine rings is 1. The van der Waals surface area contributed by atoms with Crippen LogP contribution in [0.5, 0.6) is 0 Å². The number of benzene rings is 1. The molecule has 98 valence electrons. The molecule has 1 aromatic carbocycles. The summed E-state index contributed by atoms with van der Waals surface area (Å²) in [6.07, 6.45) is 1.76. The fourth-order valence-corrected chi connectivity index (χ4v) is 2.22. The van der Waals surface area contributed by atoms with Gasteiger partial charge in [0.1, 0.15) is 5.69 Å². The smallest absolute Gasteiger partial charge is 0.327 e. The quantitative estimate of drug-likeness (QED) is 0.640. The maximum atomic E-state index is 13.6. The zero-order chi connectivity index (χ0) is 13.1. The van der Waals surface area contributed by atoms with Crippen LogP contribution in [0.3, 0.4) is 0 Å². The Labute approximate surface area is 105 Å². The van der Waals surface area contributed by atoms with Crippen LogP contribution in [0, 0.1) is 22.9 Å². The largest absolute Gasteiger partial charge is 0.377 e. The van der Waals surface area contributed by atoms with Gasteiger partial charge in [0.2, 0.25) is 5.82 Å². The summed E-state index contributed by atoms with van der Waals surface area (Å²) < 4.78 is 13.6. The van der Waals surface area contributed by atoms with Crippen molar-refractivity contribution in [3.63, 3.8) is 0 Å². The molecule has 0 unspecified atom stereocenters. The fraction of sp³-hybridized carbons (Fsp3) is 0.500. The Bertz CT molecular complexity index is 459. The number of aryl methyl sites for hydroxylation is 1. The van der Waals surface area contributed by atoms with Crippen LogP contribution in [-0.2, 0) is 0 Å². The average molecular weight is 253 g/mol. The summed E-state index contributed by atoms with van der Waals surface area (Å²) in [4.78, 5) is 10.2. The highest BCUT2D eigenvalue weighted by Gasteiger charge is 2.23. The summed E-state index contributed by atoms with van der Waals surface area (Å²) in [5.41, 5.74) is 0.498. The number of anilines is 1. The third-order valence-corrected chi connectivity index (χ3v) is 3.09. The number of nitro groups is 1. The maximum absolute atomic E-state index is 13.6. The van der Waals surface area contributed by atoms with Crippen LogP contribution in [0.1, 0.15) is 18.4 Å². The molecule has 1 aliphatic rings. The maximum Gasteiger partial charge on any atom is 0.327 e. The Kier molecular flexibility index (Phi) is 3.76. The first-order chi connectivity index (χ1) is 8.58. The van der Waals surface area contributed by atoms with E-state index in [1.807, 2.05) is 0 Å². The van der Waals surface area contributed by atoms with E-state index in [0.29, 0.717) is 5.56 Å². The number of nitrogens with one attached hydrogen (secondary N) is 2. The molecule has 1 saturated heterocycles. The number of nitro benzene ring substituents is 1. The van der Waals surface area contributed by atoms with Crippen LogP contribution in [0.25, 0.3) is 0 Å². The topological polar surface area (TPSA) is 67.2 Å². The normalized spacial score (nSPS) is 16.6. The van der Waals surface area contributed by atoms with Crippen LogP contribution in [0.2, 0.25) is 0 Å². The van der Waals surface area contributed by atoms with Gasteiger partial charge in [-0.3, -0.25) is 10.1 Å². The van der Waals surface area contributed by atoms with Gasteiger partial charge >= 0.3 is 5.69 Å². The first-order valence-electron chi connectivity index (χ1n) is 5.99. The molecule has 0 atom stereocenters. The first-order valence-corrected chi connectivity index (χ1v) is 5.99. The van der Waals surface area contributed by atoms with Crippen molar-refractivity contribution in [3.8, 4) is 0 Å². The summed E-state index contributed by atoms with van der Waals surface area (Å²) in [6.45, 7) is 3.47. The molecule has 1 heterocycles. The predicted molar refractivity (Wildman–Crippen MR) is 67.3 cm³/mol. The van der Waals surface area contributed by atoms with Gasteiger partial charge in [0.15, 0.2) is 0 Å². The lowest BCUT2D eigenvalue weighted by atomic mass is 10.1. The highest BCUT2D eigenvalue weighted by Crippen LogP contribution is 2.30. The van der Waals surface area contributed by atoms with Gasteiger partial charge in [-0.2, -0.15) is 4.39 Å². The summed E-state index contributed by atoms with van der Waals surface area (Å²) >= 11 is 0. The molecule has 0 bridgehead atoms. The van der Waals surface area contributed by atoms with Gasteiger partial charge in [0.25, 0.3) is 0 Å². The molecule has 1 aromatic rings. The zero-order valence-electron chi connectivity index (χ0n) is 10.2. The van der Waals surface area contributed by atoms with Crippen molar-refractivity contribution in [3.05, 3.63) is 33.6 Å². The van der Waals surface area contributed by atoms with Crippen molar-refractivity contribution in [1.29, 1.82) is 0 Å². The standard InChI is InChI=1S/C12H16FN3O2/c1-8-6-10(13)12(16(17)18)11(7-8)15-9-2-4-14-5-3-9/h6-7,9,14-15H,2-5H2,1H3. The number of rotatable bonds is 3. The van der Waals surface area contributed by atoms with Gasteiger partial charge in [-0.25, -0.2) is 0 Å². The molecule has 0 spiro atoms. The van der Waals surface area contributed by atoms with Gasteiger partial charge in [-0.05, 0) is 50.6 Å². The molecule has 18 heavy (non-hydrogen) atoms. The zero-order valence-corrected chi connectivity index (χ0v) is 10.2. The number of hydrogen-bond acceptors (Lipinski definition) is 4. The lowest BCUT2D eigenvalue weighted by Gasteiger charge is -2.24. The summed E-state index contributed by atoms with van der Waals surface area (Å²) in [5.74, 6) is -0.781. The Hall–Kier alpha value is -1.69. The van der Waals surface area contributed by atoms with E-state index in [1.165, 1.54) is 6.07 Å². The molecule has 1 aliphatic heterocycles. The number of nitrogens with zero attached hydrogens (tertiary/aromatic N) is 1. The predicted octanol–water partition coefficient (Wildman–Crippen LogP) is 2.21. The third-order valence-electron chi connectivity index (χ3n) is 3.09. The first kappa shape index (κ1) is 12.8. The fourth-order valence-electron chi connectivity index (χ4n) is 2.22. The lowest BCUT2D eigenvalue weighted by molar-refractivity contribution is -0.386. The lowest BCUT2D eigenvalue weighted by Crippen LogP contribution is -2.35. The molecule has 2 N–H and O–H groups in total. The van der Waals surface area contributed by atoms with Crippen molar-refractivity contribution in [2.75, 3.05) is 18.4 Å². The highest BCUT2D eigenvalue weighted by atomic mass is 19.1. The summed E-state index contributed by atoms with van der Waals surface area (Å²) in [5, 5.41) is 17.2. The van der Waals surface area contributed by atoms with E-state index in [0.717, 1.165) is 25.9 Å². The van der Waals surface area contributed by atoms with Gasteiger partial charge in [-0.1, -0.05) is 0 Å². The minimum Gasteiger partial charge on any atom is -0.377 e. The minimum absolute atomic E-state index is 0.158. The molecule has 0 aromatic heterocycles. The second kappa shape index (κ2) is 5.30. The number of halogens is 1. The SMILES string of the molecule is Cc1cc(F)c([N+](=O)[O-])c(NC2CCNCC2)c1. The van der Waals surface area contributed by atoms with Crippen molar-refractivity contribution in [2.45, 2.75) is 25.8 Å². The van der Waals surface area contributed by atoms with E-state index in [2.05, 4.69) is 10.6 Å². The van der Waals surface area contributed by atoms with Crippen molar-refractivity contribution >= 4 is 11.4 Å². The van der Waals surface area contributed by atoms with Gasteiger partial charge < -0.3 is 10.6 Å². The molecule has 0 amide bonds. The number of hydrogen-bond donors (Lipinski definition) is 2. The van der Waals surface area contributed by atoms with E-state index < -0.39 is 16.4 Å². The van der Waals surface area contributed by atoms with Gasteiger partial charge in [-0.15, -0.1) is 0 Å². The molecule has 0 aliphatic carbocycles. The molecular formula is C12H16FN3O2. The molecule has 5 nitrogen and oxygen atoms in total. The van der Waals surface area contributed by atoms with Crippen molar-refractivity contribution in [2.24, 2.45) is 0 Å². The Balaban J connectivity index is 2.27. The van der Waals surface area contributed by atoms with E-state index in [1.54, 1.807) is 13.0 Å². The molecular weight excluding hydrogens is 237 g/mol. The summed E-state index contributed by atoms with van der Waals surface area (Å²) in [6, 6.07) is 2.97. The second-order valence-corrected chi connectivity index (χ2v) is 4.57. The van der Waals surface area contributed by atoms with Crippen LogP contribution >= 0.6 is 0 Å². The van der Waals surface area contributed by atoms with Crippen LogP contribution in [-0.4, -0.2) is 24.1 Å². The average Bonchev–Trinajstić information content (AvgIpc) is 2.28. The molecule has 2 rings (SSSR count). The Morgan fingerprint density at radius 2 is 2.11 bits per heavy atom. The Morgan fingerprint density at radius 1 is 1.44 bits per heavy atom. The van der Waals surface area contributed by atoms with E-state index in [-0.39, 0.29) is 11.7 Å². The van der Waals surface area contributed by atoms with E-state index >= 15 is 0 Å². The summed E-state index contributed by atoms with van der Waals surface area (Å²) in [7, 11) is 0. The molecule has 6 heteroatoms. The third kappa shape index (κ3) is 2.76. The molecule has 1 fully saturated rings. The van der Waals surface area contributed by atoms with Crippen molar-refractivity contribution < 1.29 is 9.31 Å². The molecule has 0 saturated carbocycles. The van der Waals surface area contributed by atoms with Crippen LogP contribution < -0.4 is 10.6 Å². The van der Waals surface area contributed by atoms with Gasteiger partial charge in [0.05, 0.1) is 4.92 Å². The molecule has 0 radical (unpaired) electrons. The van der Waals surface area contributed by atoms with Gasteiger partial charge in [0, 0.05) is 6.04 Å². The van der Waals surface area contributed by atoms with Crippen molar-refractivity contribution in [1.82, 2.24) is 5.32 Å².